The quantitative estimate of drug-likeness (QED) is 0.315. The molecule has 0 saturated heterocycles. The van der Waals surface area contributed by atoms with Crippen molar-refractivity contribution in [3.05, 3.63) is 0 Å². The molecular weight excluding hydrogens is 202 g/mol. The molecule has 0 aromatic heterocycles. The molecule has 0 aliphatic rings. The first-order valence-corrected chi connectivity index (χ1v) is 4.02. The zero-order valence-corrected chi connectivity index (χ0v) is 7.42. The van der Waals surface area contributed by atoms with Gasteiger partial charge in [0.15, 0.2) is 6.10 Å². The highest BCUT2D eigenvalue weighted by Crippen LogP contribution is 2.06. The minimum Gasteiger partial charge on any atom is -0.389 e. The van der Waals surface area contributed by atoms with E-state index in [1.165, 1.54) is 0 Å². The molecule has 6 N–H and O–H groups in total. The lowest BCUT2D eigenvalue weighted by atomic mass is 10.0. The fourth-order valence-corrected chi connectivity index (χ4v) is 0.857. The Bertz CT molecular complexity index is 178. The third kappa shape index (κ3) is 3.45. The number of carbonyl (C=O) groups excluding carboxylic acids is 1. The summed E-state index contributed by atoms with van der Waals surface area (Å²) in [7, 11) is 0. The summed E-state index contributed by atoms with van der Waals surface area (Å²) in [6, 6.07) is 0. The predicted molar refractivity (Wildman–Crippen MR) is 43.9 cm³/mol. The number of nitrogens with two attached hydrogens (primary N) is 1. The van der Waals surface area contributed by atoms with Crippen LogP contribution < -0.4 is 5.73 Å². The summed E-state index contributed by atoms with van der Waals surface area (Å²) in [6.07, 6.45) is -6.90. The van der Waals surface area contributed by atoms with E-state index in [1.807, 2.05) is 0 Å². The van der Waals surface area contributed by atoms with Crippen molar-refractivity contribution in [1.29, 1.82) is 0 Å². The Morgan fingerprint density at radius 2 is 1.69 bits per heavy atom. The highest BCUT2D eigenvalue weighted by molar-refractivity contribution is 6.18. The third-order valence-electron chi connectivity index (χ3n) is 1.52. The van der Waals surface area contributed by atoms with Crippen molar-refractivity contribution < 1.29 is 25.2 Å². The molecule has 0 aromatic rings. The maximum absolute atomic E-state index is 10.3. The maximum atomic E-state index is 10.3. The van der Waals surface area contributed by atoms with Crippen LogP contribution in [-0.4, -0.2) is 56.6 Å². The lowest BCUT2D eigenvalue weighted by molar-refractivity contribution is -0.142. The largest absolute Gasteiger partial charge is 0.389 e. The molecule has 0 aliphatic heterocycles. The summed E-state index contributed by atoms with van der Waals surface area (Å²) < 4.78 is 0. The van der Waals surface area contributed by atoms with Crippen LogP contribution in [0.3, 0.4) is 0 Å². The van der Waals surface area contributed by atoms with E-state index < -0.39 is 30.3 Å². The van der Waals surface area contributed by atoms with Gasteiger partial charge in [0.1, 0.15) is 12.2 Å². The first-order chi connectivity index (χ1) is 5.91. The molecule has 0 heterocycles. The predicted octanol–water partition coefficient (Wildman–Crippen LogP) is -2.85. The van der Waals surface area contributed by atoms with Gasteiger partial charge in [0.25, 0.3) is 0 Å². The molecule has 0 aliphatic carbocycles. The van der Waals surface area contributed by atoms with Gasteiger partial charge in [0, 0.05) is 0 Å². The van der Waals surface area contributed by atoms with Crippen molar-refractivity contribution in [3.8, 4) is 0 Å². The summed E-state index contributed by atoms with van der Waals surface area (Å²) in [4.78, 5) is 10.3. The Morgan fingerprint density at radius 1 is 1.23 bits per heavy atom. The summed E-state index contributed by atoms with van der Waals surface area (Å²) in [6.45, 7) is 0. The summed E-state index contributed by atoms with van der Waals surface area (Å²) in [5.74, 6) is -1.52. The SMILES string of the molecule is NC(=O)C(O)C(O)C(O)C(O)CCl. The second-order valence-corrected chi connectivity index (χ2v) is 2.86. The molecule has 0 aromatic carbocycles. The van der Waals surface area contributed by atoms with Crippen molar-refractivity contribution in [1.82, 2.24) is 0 Å². The average Bonchev–Trinajstić information content (AvgIpc) is 2.12. The number of primary amides is 1. The van der Waals surface area contributed by atoms with Gasteiger partial charge < -0.3 is 26.2 Å². The minimum atomic E-state index is -1.92. The molecule has 0 rings (SSSR count). The molecule has 4 unspecified atom stereocenters. The van der Waals surface area contributed by atoms with Crippen LogP contribution in [0.25, 0.3) is 0 Å². The zero-order valence-electron chi connectivity index (χ0n) is 6.67. The third-order valence-corrected chi connectivity index (χ3v) is 1.83. The lowest BCUT2D eigenvalue weighted by Crippen LogP contribution is -2.50. The van der Waals surface area contributed by atoms with Gasteiger partial charge in [-0.25, -0.2) is 0 Å². The van der Waals surface area contributed by atoms with Crippen LogP contribution in [0.1, 0.15) is 0 Å². The highest BCUT2D eigenvalue weighted by Gasteiger charge is 2.32. The fourth-order valence-electron chi connectivity index (χ4n) is 0.674. The van der Waals surface area contributed by atoms with E-state index in [1.54, 1.807) is 0 Å². The van der Waals surface area contributed by atoms with Crippen molar-refractivity contribution in [2.24, 2.45) is 5.73 Å². The van der Waals surface area contributed by atoms with E-state index >= 15 is 0 Å². The van der Waals surface area contributed by atoms with Crippen molar-refractivity contribution in [2.75, 3.05) is 5.88 Å². The molecular formula is C6H12ClNO5. The molecule has 78 valence electrons. The molecule has 13 heavy (non-hydrogen) atoms. The van der Waals surface area contributed by atoms with E-state index in [9.17, 15) is 4.79 Å². The highest BCUT2D eigenvalue weighted by atomic mass is 35.5. The molecule has 0 spiro atoms. The molecule has 0 bridgehead atoms. The van der Waals surface area contributed by atoms with Gasteiger partial charge in [0.2, 0.25) is 5.91 Å². The number of carbonyl (C=O) groups is 1. The van der Waals surface area contributed by atoms with E-state index in [0.717, 1.165) is 0 Å². The number of aliphatic hydroxyl groups excluding tert-OH is 4. The molecule has 0 saturated carbocycles. The molecule has 1 amide bonds. The van der Waals surface area contributed by atoms with Gasteiger partial charge in [-0.3, -0.25) is 4.79 Å². The van der Waals surface area contributed by atoms with Crippen molar-refractivity contribution in [2.45, 2.75) is 24.4 Å². The molecule has 0 radical (unpaired) electrons. The van der Waals surface area contributed by atoms with Gasteiger partial charge in [-0.15, -0.1) is 11.6 Å². The Hall–Kier alpha value is -0.400. The van der Waals surface area contributed by atoms with Crippen molar-refractivity contribution in [3.63, 3.8) is 0 Å². The van der Waals surface area contributed by atoms with Gasteiger partial charge in [0.05, 0.1) is 12.0 Å². The zero-order chi connectivity index (χ0) is 10.6. The number of rotatable bonds is 5. The van der Waals surface area contributed by atoms with Crippen LogP contribution in [0.15, 0.2) is 0 Å². The molecule has 0 fully saturated rings. The van der Waals surface area contributed by atoms with E-state index in [2.05, 4.69) is 5.73 Å². The average molecular weight is 214 g/mol. The van der Waals surface area contributed by atoms with E-state index in [-0.39, 0.29) is 5.88 Å². The first-order valence-electron chi connectivity index (χ1n) is 3.49. The van der Waals surface area contributed by atoms with Crippen molar-refractivity contribution >= 4 is 17.5 Å². The van der Waals surface area contributed by atoms with Gasteiger partial charge in [-0.05, 0) is 0 Å². The Kier molecular flexibility index (Phi) is 5.19. The van der Waals surface area contributed by atoms with E-state index in [0.29, 0.717) is 0 Å². The van der Waals surface area contributed by atoms with Crippen LogP contribution in [0.2, 0.25) is 0 Å². The first kappa shape index (κ1) is 12.6. The maximum Gasteiger partial charge on any atom is 0.249 e. The van der Waals surface area contributed by atoms with Gasteiger partial charge in [-0.2, -0.15) is 0 Å². The molecule has 6 nitrogen and oxygen atoms in total. The number of hydrogen-bond acceptors (Lipinski definition) is 5. The lowest BCUT2D eigenvalue weighted by Gasteiger charge is -2.23. The number of aliphatic hydroxyl groups is 4. The Labute approximate surface area is 79.5 Å². The fraction of sp³-hybridized carbons (Fsp3) is 0.833. The van der Waals surface area contributed by atoms with Crippen LogP contribution in [0.4, 0.5) is 0 Å². The summed E-state index contributed by atoms with van der Waals surface area (Å²) >= 11 is 5.16. The second kappa shape index (κ2) is 5.36. The normalized spacial score (nSPS) is 20.4. The topological polar surface area (TPSA) is 124 Å². The smallest absolute Gasteiger partial charge is 0.249 e. The minimum absolute atomic E-state index is 0.330. The Balaban J connectivity index is 4.24. The number of amides is 1. The molecule has 4 atom stereocenters. The molecule has 7 heteroatoms. The standard InChI is InChI=1S/C6H12ClNO5/c7-1-2(9)3(10)4(11)5(12)6(8)13/h2-5,9-12H,1H2,(H2,8,13). The summed E-state index contributed by atoms with van der Waals surface area (Å²) in [5, 5.41) is 35.9. The van der Waals surface area contributed by atoms with Crippen LogP contribution in [-0.2, 0) is 4.79 Å². The number of hydrogen-bond donors (Lipinski definition) is 5. The van der Waals surface area contributed by atoms with Gasteiger partial charge in [-0.1, -0.05) is 0 Å². The second-order valence-electron chi connectivity index (χ2n) is 2.55. The summed E-state index contributed by atoms with van der Waals surface area (Å²) in [5.41, 5.74) is 4.64. The van der Waals surface area contributed by atoms with E-state index in [4.69, 9.17) is 32.0 Å². The monoisotopic (exact) mass is 213 g/mol. The number of halogens is 1. The van der Waals surface area contributed by atoms with Gasteiger partial charge >= 0.3 is 0 Å². The van der Waals surface area contributed by atoms with Crippen LogP contribution >= 0.6 is 11.6 Å². The Morgan fingerprint density at radius 3 is 2.00 bits per heavy atom. The van der Waals surface area contributed by atoms with Crippen LogP contribution in [0, 0.1) is 0 Å². The number of alkyl halides is 1. The van der Waals surface area contributed by atoms with Crippen LogP contribution in [0.5, 0.6) is 0 Å².